The van der Waals surface area contributed by atoms with Crippen molar-refractivity contribution in [3.8, 4) is 0 Å². The summed E-state index contributed by atoms with van der Waals surface area (Å²) in [5, 5.41) is 3.19. The van der Waals surface area contributed by atoms with Crippen LogP contribution in [0.25, 0.3) is 0 Å². The van der Waals surface area contributed by atoms with Crippen LogP contribution in [0.15, 0.2) is 0 Å². The Hall–Kier alpha value is -0.610. The molecule has 3 N–H and O–H groups in total. The maximum atomic E-state index is 12.0. The van der Waals surface area contributed by atoms with Crippen LogP contribution in [-0.4, -0.2) is 42.5 Å². The summed E-state index contributed by atoms with van der Waals surface area (Å²) in [6.07, 6.45) is 10.6. The summed E-state index contributed by atoms with van der Waals surface area (Å²) in [7, 11) is 0. The fourth-order valence-electron chi connectivity index (χ4n) is 3.41. The molecule has 0 aromatic rings. The lowest BCUT2D eigenvalue weighted by Gasteiger charge is -2.35. The monoisotopic (exact) mass is 267 g/mol. The molecule has 2 fully saturated rings. The average Bonchev–Trinajstić information content (AvgIpc) is 2.46. The van der Waals surface area contributed by atoms with Crippen molar-refractivity contribution in [1.29, 1.82) is 0 Å². The van der Waals surface area contributed by atoms with Crippen LogP contribution < -0.4 is 11.1 Å². The molecule has 0 bridgehead atoms. The second kappa shape index (κ2) is 7.85. The van der Waals surface area contributed by atoms with Crippen LogP contribution in [0, 0.1) is 0 Å². The van der Waals surface area contributed by atoms with Crippen LogP contribution in [0.2, 0.25) is 0 Å². The lowest BCUT2D eigenvalue weighted by molar-refractivity contribution is -0.122. The predicted molar refractivity (Wildman–Crippen MR) is 77.9 cm³/mol. The lowest BCUT2D eigenvalue weighted by Crippen LogP contribution is -2.46. The molecule has 1 aliphatic carbocycles. The molecule has 0 aromatic carbocycles. The van der Waals surface area contributed by atoms with Gasteiger partial charge < -0.3 is 11.1 Å². The maximum absolute atomic E-state index is 12.0. The highest BCUT2D eigenvalue weighted by atomic mass is 16.1. The number of nitrogens with one attached hydrogen (secondary N) is 1. The number of likely N-dealkylation sites (tertiary alicyclic amines) is 1. The first kappa shape index (κ1) is 14.8. The van der Waals surface area contributed by atoms with E-state index < -0.39 is 0 Å². The quantitative estimate of drug-likeness (QED) is 0.796. The van der Waals surface area contributed by atoms with Gasteiger partial charge in [0.2, 0.25) is 5.91 Å². The molecule has 1 heterocycles. The highest BCUT2D eigenvalue weighted by Crippen LogP contribution is 2.18. The van der Waals surface area contributed by atoms with Gasteiger partial charge >= 0.3 is 0 Å². The van der Waals surface area contributed by atoms with Gasteiger partial charge in [-0.05, 0) is 32.2 Å². The van der Waals surface area contributed by atoms with Gasteiger partial charge in [0.1, 0.15) is 0 Å². The summed E-state index contributed by atoms with van der Waals surface area (Å²) in [6.45, 7) is 2.71. The molecule has 4 heteroatoms. The molecule has 0 aromatic heterocycles. The minimum atomic E-state index is 0.230. The Bertz CT molecular complexity index is 277. The highest BCUT2D eigenvalue weighted by molar-refractivity contribution is 5.76. The first-order chi connectivity index (χ1) is 9.29. The molecule has 1 saturated carbocycles. The molecule has 1 amide bonds. The molecule has 4 nitrogen and oxygen atoms in total. The second-order valence-electron chi connectivity index (χ2n) is 6.07. The van der Waals surface area contributed by atoms with E-state index in [0.717, 1.165) is 19.6 Å². The number of carbonyl (C=O) groups is 1. The van der Waals surface area contributed by atoms with Gasteiger partial charge in [0.25, 0.3) is 0 Å². The zero-order valence-electron chi connectivity index (χ0n) is 12.1. The summed E-state index contributed by atoms with van der Waals surface area (Å²) in [6, 6.07) is 0.934. The van der Waals surface area contributed by atoms with Gasteiger partial charge in [-0.15, -0.1) is 0 Å². The molecule has 19 heavy (non-hydrogen) atoms. The smallest absolute Gasteiger partial charge is 0.221 e. The number of nitrogens with zero attached hydrogens (tertiary/aromatic N) is 1. The summed E-state index contributed by atoms with van der Waals surface area (Å²) in [4.78, 5) is 14.4. The summed E-state index contributed by atoms with van der Waals surface area (Å²) in [5.74, 6) is 0.230. The molecule has 1 saturated heterocycles. The number of rotatable bonds is 5. The Labute approximate surface area is 117 Å². The molecule has 2 aliphatic rings. The van der Waals surface area contributed by atoms with E-state index in [9.17, 15) is 4.79 Å². The molecule has 110 valence electrons. The van der Waals surface area contributed by atoms with Gasteiger partial charge in [-0.3, -0.25) is 9.69 Å². The third kappa shape index (κ3) is 4.77. The van der Waals surface area contributed by atoms with Crippen molar-refractivity contribution in [2.75, 3.05) is 19.6 Å². The van der Waals surface area contributed by atoms with Crippen LogP contribution in [0.3, 0.4) is 0 Å². The average molecular weight is 267 g/mol. The lowest BCUT2D eigenvalue weighted by atomic mass is 9.95. The predicted octanol–water partition coefficient (Wildman–Crippen LogP) is 1.64. The van der Waals surface area contributed by atoms with E-state index in [2.05, 4.69) is 10.2 Å². The molecular formula is C15H29N3O. The number of nitrogens with two attached hydrogens (primary N) is 1. The fraction of sp³-hybridized carbons (Fsp3) is 0.933. The maximum Gasteiger partial charge on any atom is 0.221 e. The Morgan fingerprint density at radius 3 is 2.58 bits per heavy atom. The Morgan fingerprint density at radius 1 is 1.11 bits per heavy atom. The molecule has 1 unspecified atom stereocenters. The van der Waals surface area contributed by atoms with E-state index in [1.165, 1.54) is 51.4 Å². The van der Waals surface area contributed by atoms with E-state index in [1.807, 2.05) is 0 Å². The van der Waals surface area contributed by atoms with Gasteiger partial charge in [0, 0.05) is 31.6 Å². The summed E-state index contributed by atoms with van der Waals surface area (Å²) in [5.41, 5.74) is 5.81. The molecule has 0 spiro atoms. The second-order valence-corrected chi connectivity index (χ2v) is 6.07. The van der Waals surface area contributed by atoms with Gasteiger partial charge in [0.15, 0.2) is 0 Å². The van der Waals surface area contributed by atoms with E-state index in [0.29, 0.717) is 18.5 Å². The Kier molecular flexibility index (Phi) is 6.11. The van der Waals surface area contributed by atoms with Crippen LogP contribution in [0.4, 0.5) is 0 Å². The minimum Gasteiger partial charge on any atom is -0.353 e. The zero-order valence-corrected chi connectivity index (χ0v) is 12.1. The third-order valence-corrected chi connectivity index (χ3v) is 4.62. The van der Waals surface area contributed by atoms with Crippen molar-refractivity contribution < 1.29 is 4.79 Å². The van der Waals surface area contributed by atoms with Crippen LogP contribution in [0.5, 0.6) is 0 Å². The number of amides is 1. The first-order valence-corrected chi connectivity index (χ1v) is 8.03. The molecule has 1 atom stereocenters. The van der Waals surface area contributed by atoms with E-state index in [-0.39, 0.29) is 5.91 Å². The first-order valence-electron chi connectivity index (χ1n) is 8.03. The van der Waals surface area contributed by atoms with E-state index in [1.54, 1.807) is 0 Å². The fourth-order valence-corrected chi connectivity index (χ4v) is 3.41. The van der Waals surface area contributed by atoms with Gasteiger partial charge in [-0.1, -0.05) is 25.7 Å². The van der Waals surface area contributed by atoms with Crippen LogP contribution in [-0.2, 0) is 4.79 Å². The van der Waals surface area contributed by atoms with Crippen LogP contribution in [0.1, 0.15) is 57.8 Å². The van der Waals surface area contributed by atoms with Crippen LogP contribution >= 0.6 is 0 Å². The molecule has 2 rings (SSSR count). The standard InChI is InChI=1S/C15H29N3O/c16-12-14-8-4-5-10-18(14)11-9-15(19)17-13-6-2-1-3-7-13/h13-14H,1-12,16H2,(H,17,19). The van der Waals surface area contributed by atoms with Crippen molar-refractivity contribution in [2.45, 2.75) is 69.9 Å². The molecular weight excluding hydrogens is 238 g/mol. The van der Waals surface area contributed by atoms with Crippen molar-refractivity contribution in [1.82, 2.24) is 10.2 Å². The topological polar surface area (TPSA) is 58.4 Å². The number of carbonyl (C=O) groups excluding carboxylic acids is 1. The number of piperidine rings is 1. The van der Waals surface area contributed by atoms with Gasteiger partial charge in [-0.25, -0.2) is 0 Å². The van der Waals surface area contributed by atoms with E-state index in [4.69, 9.17) is 5.73 Å². The third-order valence-electron chi connectivity index (χ3n) is 4.62. The van der Waals surface area contributed by atoms with Crippen molar-refractivity contribution in [2.24, 2.45) is 5.73 Å². The zero-order chi connectivity index (χ0) is 13.5. The largest absolute Gasteiger partial charge is 0.353 e. The number of hydrogen-bond acceptors (Lipinski definition) is 3. The highest BCUT2D eigenvalue weighted by Gasteiger charge is 2.22. The summed E-state index contributed by atoms with van der Waals surface area (Å²) >= 11 is 0. The summed E-state index contributed by atoms with van der Waals surface area (Å²) < 4.78 is 0. The van der Waals surface area contributed by atoms with Gasteiger partial charge in [-0.2, -0.15) is 0 Å². The SMILES string of the molecule is NCC1CCCCN1CCC(=O)NC1CCCCC1. The molecule has 1 aliphatic heterocycles. The van der Waals surface area contributed by atoms with Crippen molar-refractivity contribution >= 4 is 5.91 Å². The normalized spacial score (nSPS) is 26.3. The van der Waals surface area contributed by atoms with Gasteiger partial charge in [0.05, 0.1) is 0 Å². The Morgan fingerprint density at radius 2 is 1.84 bits per heavy atom. The van der Waals surface area contributed by atoms with Crippen molar-refractivity contribution in [3.63, 3.8) is 0 Å². The minimum absolute atomic E-state index is 0.230. The molecule has 0 radical (unpaired) electrons. The van der Waals surface area contributed by atoms with E-state index >= 15 is 0 Å². The Balaban J connectivity index is 1.67. The number of hydrogen-bond donors (Lipinski definition) is 2. The van der Waals surface area contributed by atoms with Crippen molar-refractivity contribution in [3.05, 3.63) is 0 Å².